The lowest BCUT2D eigenvalue weighted by atomic mass is 10.1. The molecule has 0 aliphatic heterocycles. The minimum absolute atomic E-state index is 0.405. The van der Waals surface area contributed by atoms with Crippen LogP contribution in [0.5, 0.6) is 0 Å². The number of nitrogens with one attached hydrogen (secondary N) is 1. The molecule has 0 fully saturated rings. The molecule has 0 spiro atoms. The van der Waals surface area contributed by atoms with Gasteiger partial charge in [0, 0.05) is 0 Å². The van der Waals surface area contributed by atoms with Gasteiger partial charge in [-0.2, -0.15) is 0 Å². The standard InChI is InChI=1S/C11H21NO3/c1-7(2)9(13)8(3)12-10(14)15-11(4,5)6/h8-9,13H,1H2,2-6H3,(H,12,14)/t8-,9+/m0/s1. The zero-order chi connectivity index (χ0) is 12.2. The largest absolute Gasteiger partial charge is 0.444 e. The molecule has 0 aliphatic rings. The van der Waals surface area contributed by atoms with Crippen LogP contribution in [-0.4, -0.2) is 28.9 Å². The molecule has 0 aromatic heterocycles. The summed E-state index contributed by atoms with van der Waals surface area (Å²) in [5, 5.41) is 12.1. The van der Waals surface area contributed by atoms with Crippen LogP contribution in [0.3, 0.4) is 0 Å². The summed E-state index contributed by atoms with van der Waals surface area (Å²) in [5.41, 5.74) is 0.0800. The molecule has 2 atom stereocenters. The lowest BCUT2D eigenvalue weighted by molar-refractivity contribution is 0.0460. The van der Waals surface area contributed by atoms with Crippen molar-refractivity contribution < 1.29 is 14.6 Å². The maximum atomic E-state index is 11.3. The second kappa shape index (κ2) is 5.16. The van der Waals surface area contributed by atoms with Crippen LogP contribution in [0.15, 0.2) is 12.2 Å². The molecule has 4 heteroatoms. The predicted octanol–water partition coefficient (Wildman–Crippen LogP) is 1.84. The Kier molecular flexibility index (Phi) is 4.81. The maximum absolute atomic E-state index is 11.3. The lowest BCUT2D eigenvalue weighted by Crippen LogP contribution is -2.43. The molecule has 1 amide bonds. The van der Waals surface area contributed by atoms with Gasteiger partial charge in [-0.05, 0) is 34.6 Å². The third-order valence-corrected chi connectivity index (χ3v) is 1.72. The molecule has 0 aromatic rings. The Bertz CT molecular complexity index is 243. The summed E-state index contributed by atoms with van der Waals surface area (Å²) in [7, 11) is 0. The summed E-state index contributed by atoms with van der Waals surface area (Å²) in [4.78, 5) is 11.3. The molecule has 0 unspecified atom stereocenters. The van der Waals surface area contributed by atoms with Crippen molar-refractivity contribution in [1.29, 1.82) is 0 Å². The number of aliphatic hydroxyl groups excluding tert-OH is 1. The van der Waals surface area contributed by atoms with Gasteiger partial charge >= 0.3 is 6.09 Å². The van der Waals surface area contributed by atoms with Gasteiger partial charge in [0.2, 0.25) is 0 Å². The van der Waals surface area contributed by atoms with Crippen LogP contribution < -0.4 is 5.32 Å². The summed E-state index contributed by atoms with van der Waals surface area (Å²) < 4.78 is 5.05. The second-order valence-electron chi connectivity index (χ2n) is 4.73. The van der Waals surface area contributed by atoms with Crippen LogP contribution in [0, 0.1) is 0 Å². The fourth-order valence-corrected chi connectivity index (χ4v) is 0.999. The molecule has 0 saturated carbocycles. The van der Waals surface area contributed by atoms with Crippen molar-refractivity contribution in [3.05, 3.63) is 12.2 Å². The zero-order valence-corrected chi connectivity index (χ0v) is 10.1. The molecule has 0 aromatic carbocycles. The Morgan fingerprint density at radius 2 is 1.93 bits per heavy atom. The number of carbonyl (C=O) groups is 1. The summed E-state index contributed by atoms with van der Waals surface area (Å²) in [6.45, 7) is 12.4. The van der Waals surface area contributed by atoms with E-state index in [0.717, 1.165) is 0 Å². The smallest absolute Gasteiger partial charge is 0.407 e. The summed E-state index contributed by atoms with van der Waals surface area (Å²) >= 11 is 0. The summed E-state index contributed by atoms with van der Waals surface area (Å²) in [6, 6.07) is -0.405. The fourth-order valence-electron chi connectivity index (χ4n) is 0.999. The molecule has 2 N–H and O–H groups in total. The molecule has 0 bridgehead atoms. The third-order valence-electron chi connectivity index (χ3n) is 1.72. The van der Waals surface area contributed by atoms with Crippen LogP contribution in [0.1, 0.15) is 34.6 Å². The molecular formula is C11H21NO3. The summed E-state index contributed by atoms with van der Waals surface area (Å²) in [6.07, 6.45) is -1.28. The maximum Gasteiger partial charge on any atom is 0.407 e. The van der Waals surface area contributed by atoms with Crippen LogP contribution in [0.2, 0.25) is 0 Å². The SMILES string of the molecule is C=C(C)[C@@H](O)[C@H](C)NC(=O)OC(C)(C)C. The van der Waals surface area contributed by atoms with E-state index >= 15 is 0 Å². The number of hydrogen-bond donors (Lipinski definition) is 2. The molecular weight excluding hydrogens is 194 g/mol. The number of carbonyl (C=O) groups excluding carboxylic acids is 1. The van der Waals surface area contributed by atoms with Crippen molar-refractivity contribution in [1.82, 2.24) is 5.32 Å². The first-order valence-electron chi connectivity index (χ1n) is 4.96. The quantitative estimate of drug-likeness (QED) is 0.706. The Balaban J connectivity index is 4.13. The molecule has 0 saturated heterocycles. The van der Waals surface area contributed by atoms with Gasteiger partial charge in [-0.25, -0.2) is 4.79 Å². The van der Waals surface area contributed by atoms with Gasteiger partial charge in [0.1, 0.15) is 5.60 Å². The minimum atomic E-state index is -0.752. The molecule has 0 rings (SSSR count). The van der Waals surface area contributed by atoms with E-state index in [2.05, 4.69) is 11.9 Å². The number of hydrogen-bond acceptors (Lipinski definition) is 3. The van der Waals surface area contributed by atoms with Crippen molar-refractivity contribution in [2.75, 3.05) is 0 Å². The topological polar surface area (TPSA) is 58.6 Å². The van der Waals surface area contributed by atoms with Crippen molar-refractivity contribution in [2.24, 2.45) is 0 Å². The normalized spacial score (nSPS) is 15.3. The molecule has 15 heavy (non-hydrogen) atoms. The van der Waals surface area contributed by atoms with E-state index in [9.17, 15) is 9.90 Å². The number of amides is 1. The highest BCUT2D eigenvalue weighted by atomic mass is 16.6. The molecule has 0 radical (unpaired) electrons. The van der Waals surface area contributed by atoms with Crippen molar-refractivity contribution in [3.63, 3.8) is 0 Å². The van der Waals surface area contributed by atoms with E-state index in [-0.39, 0.29) is 0 Å². The van der Waals surface area contributed by atoms with Gasteiger partial charge in [-0.3, -0.25) is 0 Å². The number of aliphatic hydroxyl groups is 1. The van der Waals surface area contributed by atoms with Crippen molar-refractivity contribution >= 4 is 6.09 Å². The third kappa shape index (κ3) is 6.12. The fraction of sp³-hybridized carbons (Fsp3) is 0.727. The summed E-state index contributed by atoms with van der Waals surface area (Å²) in [5.74, 6) is 0. The molecule has 88 valence electrons. The number of alkyl carbamates (subject to hydrolysis) is 1. The Morgan fingerprint density at radius 1 is 1.47 bits per heavy atom. The average Bonchev–Trinajstić information content (AvgIpc) is 1.98. The van der Waals surface area contributed by atoms with Crippen molar-refractivity contribution in [2.45, 2.75) is 52.4 Å². The Morgan fingerprint density at radius 3 is 2.27 bits per heavy atom. The van der Waals surface area contributed by atoms with Crippen LogP contribution >= 0.6 is 0 Å². The van der Waals surface area contributed by atoms with Crippen molar-refractivity contribution in [3.8, 4) is 0 Å². The highest BCUT2D eigenvalue weighted by Gasteiger charge is 2.21. The van der Waals surface area contributed by atoms with Gasteiger partial charge < -0.3 is 15.2 Å². The first kappa shape index (κ1) is 14.0. The first-order chi connectivity index (χ1) is 6.63. The van der Waals surface area contributed by atoms with E-state index in [1.807, 2.05) is 0 Å². The highest BCUT2D eigenvalue weighted by Crippen LogP contribution is 2.08. The number of ether oxygens (including phenoxy) is 1. The lowest BCUT2D eigenvalue weighted by Gasteiger charge is -2.24. The Hall–Kier alpha value is -1.03. The van der Waals surface area contributed by atoms with Crippen LogP contribution in [-0.2, 0) is 4.74 Å². The van der Waals surface area contributed by atoms with Gasteiger partial charge in [-0.15, -0.1) is 0 Å². The van der Waals surface area contributed by atoms with Gasteiger partial charge in [0.25, 0.3) is 0 Å². The average molecular weight is 215 g/mol. The molecule has 4 nitrogen and oxygen atoms in total. The minimum Gasteiger partial charge on any atom is -0.444 e. The van der Waals surface area contributed by atoms with E-state index < -0.39 is 23.8 Å². The highest BCUT2D eigenvalue weighted by molar-refractivity contribution is 5.68. The second-order valence-corrected chi connectivity index (χ2v) is 4.73. The predicted molar refractivity (Wildman–Crippen MR) is 59.7 cm³/mol. The van der Waals surface area contributed by atoms with Gasteiger partial charge in [0.15, 0.2) is 0 Å². The molecule has 0 heterocycles. The Labute approximate surface area is 91.3 Å². The molecule has 0 aliphatic carbocycles. The first-order valence-corrected chi connectivity index (χ1v) is 4.96. The zero-order valence-electron chi connectivity index (χ0n) is 10.1. The van der Waals surface area contributed by atoms with Gasteiger partial charge in [0.05, 0.1) is 12.1 Å². The monoisotopic (exact) mass is 215 g/mol. The van der Waals surface area contributed by atoms with E-state index in [4.69, 9.17) is 4.74 Å². The number of rotatable bonds is 3. The van der Waals surface area contributed by atoms with E-state index in [1.54, 1.807) is 34.6 Å². The van der Waals surface area contributed by atoms with Crippen LogP contribution in [0.4, 0.5) is 4.79 Å². The van der Waals surface area contributed by atoms with E-state index in [0.29, 0.717) is 5.57 Å². The van der Waals surface area contributed by atoms with Gasteiger partial charge in [-0.1, -0.05) is 12.2 Å². The van der Waals surface area contributed by atoms with Crippen LogP contribution in [0.25, 0.3) is 0 Å². The van der Waals surface area contributed by atoms with E-state index in [1.165, 1.54) is 0 Å².